The van der Waals surface area contributed by atoms with Gasteiger partial charge in [-0.25, -0.2) is 9.59 Å². The molecule has 1 amide bonds. The number of methoxy groups -OCH3 is 2. The van der Waals surface area contributed by atoms with Gasteiger partial charge in [0.25, 0.3) is 0 Å². The lowest BCUT2D eigenvalue weighted by Crippen LogP contribution is -2.41. The lowest BCUT2D eigenvalue weighted by Gasteiger charge is -2.36. The molecule has 0 aromatic heterocycles. The molecule has 0 saturated heterocycles. The Balaban J connectivity index is 2.00. The standard InChI is InChI=1S/C26H24N4O5/c1-29-14-17-11-18(10-9-16(17)12-20(29)31)30-23(26(33)35-3)22(25(32)34-2)21(19(13-27)24(30)28)15-7-5-4-6-8-15/h4-11,21H,12,14,28H2,1-3H3. The molecule has 0 radical (unpaired) electrons. The predicted octanol–water partition coefficient (Wildman–Crippen LogP) is 2.10. The average molecular weight is 473 g/mol. The van der Waals surface area contributed by atoms with E-state index in [4.69, 9.17) is 15.2 Å². The summed E-state index contributed by atoms with van der Waals surface area (Å²) in [5.41, 5.74) is 9.20. The van der Waals surface area contributed by atoms with Crippen molar-refractivity contribution >= 4 is 23.5 Å². The first-order valence-electron chi connectivity index (χ1n) is 10.8. The van der Waals surface area contributed by atoms with Crippen molar-refractivity contribution < 1.29 is 23.9 Å². The van der Waals surface area contributed by atoms with Gasteiger partial charge < -0.3 is 20.1 Å². The molecule has 178 valence electrons. The predicted molar refractivity (Wildman–Crippen MR) is 126 cm³/mol. The summed E-state index contributed by atoms with van der Waals surface area (Å²) in [6.45, 7) is 0.373. The van der Waals surface area contributed by atoms with Gasteiger partial charge in [-0.3, -0.25) is 9.69 Å². The fraction of sp³-hybridized carbons (Fsp3) is 0.231. The number of nitriles is 1. The third kappa shape index (κ3) is 3.99. The maximum atomic E-state index is 13.1. The maximum Gasteiger partial charge on any atom is 0.355 e. The summed E-state index contributed by atoms with van der Waals surface area (Å²) >= 11 is 0. The summed E-state index contributed by atoms with van der Waals surface area (Å²) in [6.07, 6.45) is 0.254. The topological polar surface area (TPSA) is 126 Å². The van der Waals surface area contributed by atoms with Crippen LogP contribution in [0.4, 0.5) is 5.69 Å². The molecule has 2 heterocycles. The zero-order chi connectivity index (χ0) is 25.3. The quantitative estimate of drug-likeness (QED) is 0.671. The number of carbonyl (C=O) groups excluding carboxylic acids is 3. The number of ether oxygens (including phenoxy) is 2. The second-order valence-electron chi connectivity index (χ2n) is 8.21. The minimum Gasteiger partial charge on any atom is -0.466 e. The Morgan fingerprint density at radius 3 is 2.37 bits per heavy atom. The Morgan fingerprint density at radius 1 is 1.06 bits per heavy atom. The van der Waals surface area contributed by atoms with Crippen LogP contribution >= 0.6 is 0 Å². The van der Waals surface area contributed by atoms with Crippen molar-refractivity contribution in [2.75, 3.05) is 26.2 Å². The number of nitrogens with zero attached hydrogens (tertiary/aromatic N) is 3. The minimum absolute atomic E-state index is 0.00299. The van der Waals surface area contributed by atoms with E-state index in [9.17, 15) is 19.6 Å². The normalized spacial score (nSPS) is 17.7. The Labute approximate surface area is 202 Å². The summed E-state index contributed by atoms with van der Waals surface area (Å²) in [6, 6.07) is 16.2. The first-order chi connectivity index (χ1) is 16.8. The summed E-state index contributed by atoms with van der Waals surface area (Å²) in [5, 5.41) is 10.1. The van der Waals surface area contributed by atoms with Gasteiger partial charge in [0.1, 0.15) is 11.5 Å². The van der Waals surface area contributed by atoms with Gasteiger partial charge in [0.05, 0.1) is 43.8 Å². The molecule has 4 rings (SSSR count). The van der Waals surface area contributed by atoms with Crippen LogP contribution in [-0.4, -0.2) is 44.0 Å². The van der Waals surface area contributed by atoms with Crippen molar-refractivity contribution in [3.63, 3.8) is 0 Å². The van der Waals surface area contributed by atoms with E-state index in [1.807, 2.05) is 0 Å². The lowest BCUT2D eigenvalue weighted by molar-refractivity contribution is -0.139. The molecule has 2 aliphatic heterocycles. The number of likely N-dealkylation sites (N-methyl/N-ethyl adjacent to an activating group) is 1. The van der Waals surface area contributed by atoms with Crippen molar-refractivity contribution in [3.8, 4) is 6.07 Å². The van der Waals surface area contributed by atoms with Gasteiger partial charge >= 0.3 is 11.9 Å². The van der Waals surface area contributed by atoms with E-state index in [0.29, 0.717) is 17.8 Å². The highest BCUT2D eigenvalue weighted by atomic mass is 16.5. The van der Waals surface area contributed by atoms with Crippen molar-refractivity contribution in [2.24, 2.45) is 5.73 Å². The highest BCUT2D eigenvalue weighted by molar-refractivity contribution is 6.06. The van der Waals surface area contributed by atoms with Crippen LogP contribution in [-0.2, 0) is 36.8 Å². The summed E-state index contributed by atoms with van der Waals surface area (Å²) in [5.74, 6) is -2.53. The number of nitrogens with two attached hydrogens (primary N) is 1. The van der Waals surface area contributed by atoms with Gasteiger partial charge in [0, 0.05) is 19.3 Å². The smallest absolute Gasteiger partial charge is 0.355 e. The third-order valence-electron chi connectivity index (χ3n) is 6.23. The Bertz CT molecular complexity index is 1320. The van der Waals surface area contributed by atoms with E-state index >= 15 is 0 Å². The van der Waals surface area contributed by atoms with Gasteiger partial charge in [-0.05, 0) is 28.8 Å². The van der Waals surface area contributed by atoms with Gasteiger partial charge in [-0.2, -0.15) is 5.26 Å². The highest BCUT2D eigenvalue weighted by Gasteiger charge is 2.43. The van der Waals surface area contributed by atoms with Crippen LogP contribution in [0.5, 0.6) is 0 Å². The number of esters is 2. The number of anilines is 1. The van der Waals surface area contributed by atoms with Crippen molar-refractivity contribution in [1.29, 1.82) is 5.26 Å². The largest absolute Gasteiger partial charge is 0.466 e. The van der Waals surface area contributed by atoms with Crippen molar-refractivity contribution in [2.45, 2.75) is 18.9 Å². The van der Waals surface area contributed by atoms with E-state index in [-0.39, 0.29) is 35.0 Å². The van der Waals surface area contributed by atoms with Crippen LogP contribution in [0.3, 0.4) is 0 Å². The summed E-state index contributed by atoms with van der Waals surface area (Å²) in [7, 11) is 4.11. The first kappa shape index (κ1) is 23.6. The van der Waals surface area contributed by atoms with E-state index in [2.05, 4.69) is 6.07 Å². The molecule has 0 aliphatic carbocycles. The van der Waals surface area contributed by atoms with Gasteiger partial charge in [-0.1, -0.05) is 36.4 Å². The zero-order valence-corrected chi connectivity index (χ0v) is 19.6. The molecule has 1 atom stereocenters. The van der Waals surface area contributed by atoms with Crippen molar-refractivity contribution in [1.82, 2.24) is 4.90 Å². The molecule has 0 bridgehead atoms. The molecule has 0 saturated carbocycles. The number of benzene rings is 2. The van der Waals surface area contributed by atoms with Gasteiger partial charge in [0.2, 0.25) is 5.91 Å². The summed E-state index contributed by atoms with van der Waals surface area (Å²) < 4.78 is 10.1. The molecule has 0 fully saturated rings. The molecule has 2 aliphatic rings. The third-order valence-corrected chi connectivity index (χ3v) is 6.23. The van der Waals surface area contributed by atoms with Gasteiger partial charge in [-0.15, -0.1) is 0 Å². The van der Waals surface area contributed by atoms with Crippen LogP contribution in [0, 0.1) is 11.3 Å². The number of hydrogen-bond acceptors (Lipinski definition) is 8. The van der Waals surface area contributed by atoms with Crippen LogP contribution in [0.2, 0.25) is 0 Å². The number of rotatable bonds is 4. The van der Waals surface area contributed by atoms with Gasteiger partial charge in [0.15, 0.2) is 0 Å². The van der Waals surface area contributed by atoms with E-state index in [0.717, 1.165) is 11.1 Å². The molecule has 2 aromatic carbocycles. The molecular formula is C26H24N4O5. The van der Waals surface area contributed by atoms with Crippen LogP contribution in [0.15, 0.2) is 71.2 Å². The second-order valence-corrected chi connectivity index (χ2v) is 8.21. The van der Waals surface area contributed by atoms with E-state index < -0.39 is 17.9 Å². The number of amides is 1. The number of hydrogen-bond donors (Lipinski definition) is 1. The summed E-state index contributed by atoms with van der Waals surface area (Å²) in [4.78, 5) is 41.3. The number of fused-ring (bicyclic) bond motifs is 1. The second kappa shape index (κ2) is 9.35. The number of carbonyl (C=O) groups is 3. The SMILES string of the molecule is COC(=O)C1=C(C(=O)OC)N(c2ccc3c(c2)CN(C)C(=O)C3)C(N)=C(C#N)C1c1ccccc1. The maximum absolute atomic E-state index is 13.1. The molecule has 2 N–H and O–H groups in total. The fourth-order valence-corrected chi connectivity index (χ4v) is 4.49. The van der Waals surface area contributed by atoms with Crippen LogP contribution in [0.1, 0.15) is 22.6 Å². The van der Waals surface area contributed by atoms with Crippen LogP contribution in [0.25, 0.3) is 0 Å². The number of allylic oxidation sites excluding steroid dienone is 1. The minimum atomic E-state index is -0.930. The fourth-order valence-electron chi connectivity index (χ4n) is 4.49. The average Bonchev–Trinajstić information content (AvgIpc) is 2.88. The lowest BCUT2D eigenvalue weighted by atomic mass is 9.81. The first-order valence-corrected chi connectivity index (χ1v) is 10.8. The Hall–Kier alpha value is -4.58. The van der Waals surface area contributed by atoms with E-state index in [1.165, 1.54) is 19.1 Å². The highest BCUT2D eigenvalue weighted by Crippen LogP contribution is 2.43. The van der Waals surface area contributed by atoms with Crippen molar-refractivity contribution in [3.05, 3.63) is 87.9 Å². The Morgan fingerprint density at radius 2 is 1.74 bits per heavy atom. The zero-order valence-electron chi connectivity index (χ0n) is 19.6. The monoisotopic (exact) mass is 472 g/mol. The molecule has 9 heteroatoms. The van der Waals surface area contributed by atoms with E-state index in [1.54, 1.807) is 60.5 Å². The molecule has 0 spiro atoms. The molecule has 1 unspecified atom stereocenters. The Kier molecular flexibility index (Phi) is 6.30. The molecule has 9 nitrogen and oxygen atoms in total. The molecule has 2 aromatic rings. The molecular weight excluding hydrogens is 448 g/mol. The molecule has 35 heavy (non-hydrogen) atoms. The van der Waals surface area contributed by atoms with Crippen LogP contribution < -0.4 is 10.6 Å².